The highest BCUT2D eigenvalue weighted by Gasteiger charge is 2.34. The van der Waals surface area contributed by atoms with Gasteiger partial charge >= 0.3 is 6.18 Å². The first-order chi connectivity index (χ1) is 15.2. The lowest BCUT2D eigenvalue weighted by Gasteiger charge is -2.33. The number of rotatable bonds is 5. The van der Waals surface area contributed by atoms with Crippen LogP contribution in [0.25, 0.3) is 0 Å². The molecule has 4 rings (SSSR count). The zero-order chi connectivity index (χ0) is 22.9. The van der Waals surface area contributed by atoms with Gasteiger partial charge in [-0.3, -0.25) is 4.79 Å². The number of ether oxygens (including phenoxy) is 1. The number of halogens is 3. The summed E-state index contributed by atoms with van der Waals surface area (Å²) in [6.07, 6.45) is -1.87. The SMILES string of the molecule is CC1CCN(c2nc(C(F)(F)F)ccc2CNC(=O)C(C)c2ccc3c(c2)CCO3)CC1. The van der Waals surface area contributed by atoms with Gasteiger partial charge < -0.3 is 15.0 Å². The summed E-state index contributed by atoms with van der Waals surface area (Å²) in [5, 5.41) is 2.89. The molecule has 8 heteroatoms. The number of carbonyl (C=O) groups is 1. The van der Waals surface area contributed by atoms with Gasteiger partial charge in [0.1, 0.15) is 17.3 Å². The van der Waals surface area contributed by atoms with Crippen molar-refractivity contribution >= 4 is 11.7 Å². The summed E-state index contributed by atoms with van der Waals surface area (Å²) in [6.45, 7) is 6.06. The Morgan fingerprint density at radius 2 is 2.00 bits per heavy atom. The minimum atomic E-state index is -4.51. The maximum Gasteiger partial charge on any atom is 0.433 e. The zero-order valence-corrected chi connectivity index (χ0v) is 18.3. The van der Waals surface area contributed by atoms with E-state index in [9.17, 15) is 18.0 Å². The number of benzene rings is 1. The van der Waals surface area contributed by atoms with E-state index in [1.807, 2.05) is 30.0 Å². The molecule has 0 saturated carbocycles. The molecule has 1 atom stereocenters. The molecule has 1 amide bonds. The first-order valence-corrected chi connectivity index (χ1v) is 11.1. The second-order valence-corrected chi connectivity index (χ2v) is 8.75. The van der Waals surface area contributed by atoms with Crippen LogP contribution in [0.5, 0.6) is 5.75 Å². The van der Waals surface area contributed by atoms with Crippen molar-refractivity contribution in [3.8, 4) is 5.75 Å². The minimum absolute atomic E-state index is 0.129. The fourth-order valence-electron chi connectivity index (χ4n) is 4.23. The van der Waals surface area contributed by atoms with Crippen molar-refractivity contribution in [3.05, 3.63) is 52.7 Å². The lowest BCUT2D eigenvalue weighted by Crippen LogP contribution is -2.35. The van der Waals surface area contributed by atoms with E-state index in [0.717, 1.165) is 42.2 Å². The highest BCUT2D eigenvalue weighted by atomic mass is 19.4. The summed E-state index contributed by atoms with van der Waals surface area (Å²) in [6, 6.07) is 8.18. The van der Waals surface area contributed by atoms with Crippen LogP contribution in [0.2, 0.25) is 0 Å². The normalized spacial score (nSPS) is 17.6. The van der Waals surface area contributed by atoms with Crippen LogP contribution in [-0.4, -0.2) is 30.6 Å². The van der Waals surface area contributed by atoms with Crippen molar-refractivity contribution < 1.29 is 22.7 Å². The van der Waals surface area contributed by atoms with Crippen LogP contribution < -0.4 is 15.0 Å². The number of amides is 1. The number of alkyl halides is 3. The molecule has 1 unspecified atom stereocenters. The molecule has 172 valence electrons. The summed E-state index contributed by atoms with van der Waals surface area (Å²) >= 11 is 0. The van der Waals surface area contributed by atoms with Gasteiger partial charge in [-0.2, -0.15) is 13.2 Å². The van der Waals surface area contributed by atoms with E-state index in [0.29, 0.717) is 37.0 Å². The molecule has 5 nitrogen and oxygen atoms in total. The molecule has 1 aromatic heterocycles. The Balaban J connectivity index is 1.49. The molecule has 3 heterocycles. The largest absolute Gasteiger partial charge is 0.493 e. The Labute approximate surface area is 186 Å². The average Bonchev–Trinajstić information content (AvgIpc) is 3.24. The Bertz CT molecular complexity index is 985. The number of anilines is 1. The Morgan fingerprint density at radius 3 is 2.72 bits per heavy atom. The molecule has 1 N–H and O–H groups in total. The predicted octanol–water partition coefficient (Wildman–Crippen LogP) is 4.69. The van der Waals surface area contributed by atoms with Crippen molar-refractivity contribution in [2.45, 2.75) is 51.7 Å². The lowest BCUT2D eigenvalue weighted by molar-refractivity contribution is -0.141. The van der Waals surface area contributed by atoms with Gasteiger partial charge in [0.15, 0.2) is 0 Å². The summed E-state index contributed by atoms with van der Waals surface area (Å²) < 4.78 is 45.3. The third-order valence-electron chi connectivity index (χ3n) is 6.39. The van der Waals surface area contributed by atoms with Gasteiger partial charge in [-0.05, 0) is 48.9 Å². The molecule has 2 aliphatic heterocycles. The highest BCUT2D eigenvalue weighted by molar-refractivity contribution is 5.83. The number of nitrogens with zero attached hydrogens (tertiary/aromatic N) is 2. The second-order valence-electron chi connectivity index (χ2n) is 8.75. The topological polar surface area (TPSA) is 54.5 Å². The standard InChI is InChI=1S/C24H28F3N3O2/c1-15-7-10-30(11-8-15)22-19(4-6-21(29-22)24(25,26)27)14-28-23(31)16(2)17-3-5-20-18(13-17)9-12-32-20/h3-6,13,15-16H,7-12,14H2,1-2H3,(H,28,31). The first kappa shape index (κ1) is 22.4. The number of fused-ring (bicyclic) bond motifs is 1. The number of hydrogen-bond acceptors (Lipinski definition) is 4. The molecule has 2 aromatic rings. The van der Waals surface area contributed by atoms with Crippen molar-refractivity contribution in [2.75, 3.05) is 24.6 Å². The molecule has 32 heavy (non-hydrogen) atoms. The van der Waals surface area contributed by atoms with Crippen LogP contribution in [0, 0.1) is 5.92 Å². The quantitative estimate of drug-likeness (QED) is 0.723. The van der Waals surface area contributed by atoms with Crippen molar-refractivity contribution in [1.82, 2.24) is 10.3 Å². The molecule has 2 aliphatic rings. The molecule has 1 aromatic carbocycles. The van der Waals surface area contributed by atoms with Crippen molar-refractivity contribution in [1.29, 1.82) is 0 Å². The average molecular weight is 448 g/mol. The van der Waals surface area contributed by atoms with Crippen LogP contribution in [0.1, 0.15) is 55.0 Å². The first-order valence-electron chi connectivity index (χ1n) is 11.1. The molecule has 0 bridgehead atoms. The van der Waals surface area contributed by atoms with Gasteiger partial charge in [0.2, 0.25) is 5.91 Å². The monoisotopic (exact) mass is 447 g/mol. The molecule has 0 radical (unpaired) electrons. The number of nitrogens with one attached hydrogen (secondary N) is 1. The molecule has 1 fully saturated rings. The van der Waals surface area contributed by atoms with E-state index in [2.05, 4.69) is 17.2 Å². The smallest absolute Gasteiger partial charge is 0.433 e. The molecule has 0 spiro atoms. The molecular formula is C24H28F3N3O2. The van der Waals surface area contributed by atoms with E-state index in [1.165, 1.54) is 6.07 Å². The third kappa shape index (κ3) is 4.84. The van der Waals surface area contributed by atoms with Gasteiger partial charge in [-0.15, -0.1) is 0 Å². The van der Waals surface area contributed by atoms with Gasteiger partial charge in [-0.25, -0.2) is 4.98 Å². The van der Waals surface area contributed by atoms with Crippen LogP contribution in [0.3, 0.4) is 0 Å². The predicted molar refractivity (Wildman–Crippen MR) is 116 cm³/mol. The van der Waals surface area contributed by atoms with Gasteiger partial charge in [0, 0.05) is 31.6 Å². The fraction of sp³-hybridized carbons (Fsp3) is 0.500. The van der Waals surface area contributed by atoms with Crippen LogP contribution in [0.4, 0.5) is 19.0 Å². The van der Waals surface area contributed by atoms with Crippen LogP contribution in [0.15, 0.2) is 30.3 Å². The van der Waals surface area contributed by atoms with E-state index in [-0.39, 0.29) is 18.4 Å². The van der Waals surface area contributed by atoms with Crippen molar-refractivity contribution in [3.63, 3.8) is 0 Å². The maximum absolute atomic E-state index is 13.3. The summed E-state index contributed by atoms with van der Waals surface area (Å²) in [5.41, 5.74) is 1.67. The minimum Gasteiger partial charge on any atom is -0.493 e. The number of carbonyl (C=O) groups excluding carboxylic acids is 1. The van der Waals surface area contributed by atoms with Gasteiger partial charge in [-0.1, -0.05) is 25.1 Å². The van der Waals surface area contributed by atoms with E-state index < -0.39 is 11.9 Å². The van der Waals surface area contributed by atoms with Crippen LogP contribution in [-0.2, 0) is 23.9 Å². The summed E-state index contributed by atoms with van der Waals surface area (Å²) in [5.74, 6) is 1.15. The zero-order valence-electron chi connectivity index (χ0n) is 18.3. The molecule has 0 aliphatic carbocycles. The number of hydrogen-bond donors (Lipinski definition) is 1. The van der Waals surface area contributed by atoms with Gasteiger partial charge in [0.25, 0.3) is 0 Å². The maximum atomic E-state index is 13.3. The van der Waals surface area contributed by atoms with E-state index >= 15 is 0 Å². The van der Waals surface area contributed by atoms with E-state index in [4.69, 9.17) is 4.74 Å². The van der Waals surface area contributed by atoms with E-state index in [1.54, 1.807) is 0 Å². The Morgan fingerprint density at radius 1 is 1.25 bits per heavy atom. The van der Waals surface area contributed by atoms with Crippen molar-refractivity contribution in [2.24, 2.45) is 5.92 Å². The van der Waals surface area contributed by atoms with Gasteiger partial charge in [0.05, 0.1) is 12.5 Å². The third-order valence-corrected chi connectivity index (χ3v) is 6.39. The molecule has 1 saturated heterocycles. The number of pyridine rings is 1. The number of aromatic nitrogens is 1. The molecular weight excluding hydrogens is 419 g/mol. The number of piperidine rings is 1. The second kappa shape index (κ2) is 9.00. The van der Waals surface area contributed by atoms with Crippen LogP contribution >= 0.6 is 0 Å². The lowest BCUT2D eigenvalue weighted by atomic mass is 9.97. The highest BCUT2D eigenvalue weighted by Crippen LogP contribution is 2.32. The summed E-state index contributed by atoms with van der Waals surface area (Å²) in [4.78, 5) is 18.7. The fourth-order valence-corrected chi connectivity index (χ4v) is 4.23. The Hall–Kier alpha value is -2.77. The Kier molecular flexibility index (Phi) is 6.31. The summed E-state index contributed by atoms with van der Waals surface area (Å²) in [7, 11) is 0.